The molecule has 9 heteroatoms. The molecule has 1 aliphatic heterocycles. The molecule has 166 valence electrons. The molecule has 1 heterocycles. The highest BCUT2D eigenvalue weighted by atomic mass is 16.5. The zero-order chi connectivity index (χ0) is 22.1. The normalized spacial score (nSPS) is 15.4. The van der Waals surface area contributed by atoms with Crippen molar-refractivity contribution in [3.8, 4) is 0 Å². The van der Waals surface area contributed by atoms with Crippen molar-refractivity contribution in [2.24, 2.45) is 5.41 Å². The first-order valence-corrected chi connectivity index (χ1v) is 10.0. The number of benzene rings is 1. The number of morpholine rings is 1. The third kappa shape index (κ3) is 6.79. The number of ketones is 1. The number of carbonyl (C=O) groups excluding carboxylic acids is 3. The van der Waals surface area contributed by atoms with Gasteiger partial charge in [0.2, 0.25) is 11.7 Å². The number of nitrogens with zero attached hydrogens (tertiary/aromatic N) is 1. The van der Waals surface area contributed by atoms with Crippen LogP contribution in [0.15, 0.2) is 24.3 Å². The Hall–Kier alpha value is -2.49. The molecule has 2 rings (SSSR count). The van der Waals surface area contributed by atoms with Crippen LogP contribution in [-0.4, -0.2) is 73.4 Å². The fourth-order valence-electron chi connectivity index (χ4n) is 2.88. The quantitative estimate of drug-likeness (QED) is 0.378. The van der Waals surface area contributed by atoms with E-state index >= 15 is 0 Å². The number of nitrogens with one attached hydrogen (secondary N) is 2. The Bertz CT molecular complexity index is 729. The Morgan fingerprint density at radius 3 is 2.37 bits per heavy atom. The summed E-state index contributed by atoms with van der Waals surface area (Å²) in [5, 5.41) is 24.0. The van der Waals surface area contributed by atoms with E-state index in [1.54, 1.807) is 13.8 Å². The van der Waals surface area contributed by atoms with Gasteiger partial charge in [-0.25, -0.2) is 0 Å². The highest BCUT2D eigenvalue weighted by Crippen LogP contribution is 2.19. The van der Waals surface area contributed by atoms with Gasteiger partial charge in [0.05, 0.1) is 19.8 Å². The predicted molar refractivity (Wildman–Crippen MR) is 111 cm³/mol. The van der Waals surface area contributed by atoms with Crippen molar-refractivity contribution in [2.75, 3.05) is 44.4 Å². The summed E-state index contributed by atoms with van der Waals surface area (Å²) in [5.74, 6) is -2.07. The molecule has 1 atom stereocenters. The minimum absolute atomic E-state index is 0.0715. The van der Waals surface area contributed by atoms with Gasteiger partial charge in [-0.3, -0.25) is 14.4 Å². The summed E-state index contributed by atoms with van der Waals surface area (Å²) >= 11 is 0. The summed E-state index contributed by atoms with van der Waals surface area (Å²) in [4.78, 5) is 38.0. The Labute approximate surface area is 176 Å². The molecule has 1 fully saturated rings. The van der Waals surface area contributed by atoms with Gasteiger partial charge in [0.1, 0.15) is 6.10 Å². The van der Waals surface area contributed by atoms with Crippen molar-refractivity contribution >= 4 is 23.3 Å². The summed E-state index contributed by atoms with van der Waals surface area (Å²) in [6.45, 7) is 5.98. The van der Waals surface area contributed by atoms with Gasteiger partial charge in [0.15, 0.2) is 0 Å². The topological polar surface area (TPSA) is 128 Å². The van der Waals surface area contributed by atoms with Crippen molar-refractivity contribution in [2.45, 2.75) is 32.9 Å². The van der Waals surface area contributed by atoms with Crippen molar-refractivity contribution in [3.05, 3.63) is 29.8 Å². The third-order valence-electron chi connectivity index (χ3n) is 5.07. The predicted octanol–water partition coefficient (Wildman–Crippen LogP) is -0.406. The van der Waals surface area contributed by atoms with Crippen LogP contribution in [0.4, 0.5) is 5.69 Å². The molecule has 4 N–H and O–H groups in total. The number of aliphatic hydroxyl groups is 2. The maximum Gasteiger partial charge on any atom is 0.287 e. The van der Waals surface area contributed by atoms with Gasteiger partial charge in [-0.05, 0) is 17.7 Å². The number of aliphatic hydroxyl groups excluding tert-OH is 2. The first-order chi connectivity index (χ1) is 14.2. The molecular formula is C21H31N3O6. The summed E-state index contributed by atoms with van der Waals surface area (Å²) in [5.41, 5.74) is 0.963. The maximum atomic E-state index is 12.0. The Morgan fingerprint density at radius 1 is 1.13 bits per heavy atom. The van der Waals surface area contributed by atoms with Gasteiger partial charge in [-0.1, -0.05) is 26.0 Å². The van der Waals surface area contributed by atoms with Crippen LogP contribution in [0.3, 0.4) is 0 Å². The van der Waals surface area contributed by atoms with E-state index in [2.05, 4.69) is 15.5 Å². The van der Waals surface area contributed by atoms with Crippen LogP contribution >= 0.6 is 0 Å². The van der Waals surface area contributed by atoms with E-state index in [9.17, 15) is 24.6 Å². The van der Waals surface area contributed by atoms with Crippen LogP contribution in [0.25, 0.3) is 0 Å². The van der Waals surface area contributed by atoms with Crippen LogP contribution in [0.1, 0.15) is 25.8 Å². The van der Waals surface area contributed by atoms with Gasteiger partial charge in [0.25, 0.3) is 5.91 Å². The summed E-state index contributed by atoms with van der Waals surface area (Å²) in [7, 11) is 0. The fraction of sp³-hybridized carbons (Fsp3) is 0.571. The summed E-state index contributed by atoms with van der Waals surface area (Å²) < 4.78 is 5.34. The van der Waals surface area contributed by atoms with E-state index in [0.717, 1.165) is 24.3 Å². The molecule has 1 aromatic rings. The van der Waals surface area contributed by atoms with E-state index < -0.39 is 29.1 Å². The molecule has 2 amide bonds. The van der Waals surface area contributed by atoms with Crippen LogP contribution in [0.2, 0.25) is 0 Å². The van der Waals surface area contributed by atoms with Crippen molar-refractivity contribution in [1.29, 1.82) is 0 Å². The first kappa shape index (κ1) is 23.8. The van der Waals surface area contributed by atoms with Crippen molar-refractivity contribution in [3.63, 3.8) is 0 Å². The minimum Gasteiger partial charge on any atom is -0.396 e. The molecule has 9 nitrogen and oxygen atoms in total. The van der Waals surface area contributed by atoms with Crippen LogP contribution in [-0.2, 0) is 25.7 Å². The number of anilines is 1. The number of hydrogen-bond acceptors (Lipinski definition) is 7. The molecule has 1 aliphatic rings. The molecule has 1 saturated heterocycles. The van der Waals surface area contributed by atoms with Crippen LogP contribution in [0.5, 0.6) is 0 Å². The lowest BCUT2D eigenvalue weighted by Gasteiger charge is -2.28. The highest BCUT2D eigenvalue weighted by Gasteiger charge is 2.32. The number of hydrogen-bond donors (Lipinski definition) is 4. The average molecular weight is 421 g/mol. The monoisotopic (exact) mass is 421 g/mol. The zero-order valence-electron chi connectivity index (χ0n) is 17.5. The second-order valence-corrected chi connectivity index (χ2v) is 7.96. The van der Waals surface area contributed by atoms with Gasteiger partial charge in [-0.2, -0.15) is 0 Å². The molecule has 0 saturated carbocycles. The Balaban J connectivity index is 1.71. The Morgan fingerprint density at radius 2 is 1.77 bits per heavy atom. The first-order valence-electron chi connectivity index (χ1n) is 10.0. The molecular weight excluding hydrogens is 390 g/mol. The summed E-state index contributed by atoms with van der Waals surface area (Å²) in [6, 6.07) is 7.76. The lowest BCUT2D eigenvalue weighted by atomic mass is 9.87. The number of Topliss-reactive ketones (excluding diaryl/α,β-unsaturated/α-hetero) is 1. The minimum atomic E-state index is -1.41. The molecule has 1 unspecified atom stereocenters. The number of ether oxygens (including phenoxy) is 1. The van der Waals surface area contributed by atoms with Crippen molar-refractivity contribution in [1.82, 2.24) is 10.6 Å². The van der Waals surface area contributed by atoms with Crippen LogP contribution in [0, 0.1) is 5.41 Å². The van der Waals surface area contributed by atoms with E-state index in [-0.39, 0.29) is 26.1 Å². The zero-order valence-corrected chi connectivity index (χ0v) is 17.5. The number of carbonyl (C=O) groups is 3. The molecule has 0 radical (unpaired) electrons. The standard InChI is InChI=1S/C21H31N3O6/c1-21(2,14-25)18(27)20(29)22-8-7-17(26)19(28)23-13-15-3-5-16(6-4-15)24-9-11-30-12-10-24/h3-6,18,25,27H,7-14H2,1-2H3,(H,22,29)(H,23,28). The summed E-state index contributed by atoms with van der Waals surface area (Å²) in [6.07, 6.45) is -1.59. The maximum absolute atomic E-state index is 12.0. The molecule has 0 spiro atoms. The average Bonchev–Trinajstić information content (AvgIpc) is 2.77. The van der Waals surface area contributed by atoms with E-state index in [4.69, 9.17) is 4.74 Å². The lowest BCUT2D eigenvalue weighted by molar-refractivity contribution is -0.139. The third-order valence-corrected chi connectivity index (χ3v) is 5.07. The molecule has 1 aromatic carbocycles. The fourth-order valence-corrected chi connectivity index (χ4v) is 2.88. The highest BCUT2D eigenvalue weighted by molar-refractivity contribution is 6.36. The smallest absolute Gasteiger partial charge is 0.287 e. The molecule has 0 aliphatic carbocycles. The van der Waals surface area contributed by atoms with Crippen LogP contribution < -0.4 is 15.5 Å². The second-order valence-electron chi connectivity index (χ2n) is 7.96. The molecule has 30 heavy (non-hydrogen) atoms. The SMILES string of the molecule is CC(C)(CO)C(O)C(=O)NCCC(=O)C(=O)NCc1ccc(N2CCOCC2)cc1. The largest absolute Gasteiger partial charge is 0.396 e. The van der Waals surface area contributed by atoms with E-state index in [1.807, 2.05) is 24.3 Å². The lowest BCUT2D eigenvalue weighted by Crippen LogP contribution is -2.46. The van der Waals surface area contributed by atoms with E-state index in [1.165, 1.54) is 0 Å². The van der Waals surface area contributed by atoms with Crippen molar-refractivity contribution < 1.29 is 29.3 Å². The molecule has 0 bridgehead atoms. The van der Waals surface area contributed by atoms with Gasteiger partial charge < -0.3 is 30.5 Å². The van der Waals surface area contributed by atoms with Gasteiger partial charge in [-0.15, -0.1) is 0 Å². The second kappa shape index (κ2) is 11.1. The number of amides is 2. The Kier molecular flexibility index (Phi) is 8.76. The van der Waals surface area contributed by atoms with E-state index in [0.29, 0.717) is 13.2 Å². The number of rotatable bonds is 10. The molecule has 0 aromatic heterocycles. The van der Waals surface area contributed by atoms with Gasteiger partial charge in [0, 0.05) is 43.7 Å². The van der Waals surface area contributed by atoms with Gasteiger partial charge >= 0.3 is 0 Å².